The standard InChI is InChI=1S/C10H8BrIS/c1-6-7(5-11)10-8(12)3-2-4-9(10)13-6/h2-4H,5H2,1H3. The Hall–Kier alpha value is 0.390. The molecule has 0 aliphatic carbocycles. The van der Waals surface area contributed by atoms with Gasteiger partial charge in [0.25, 0.3) is 0 Å². The zero-order chi connectivity index (χ0) is 9.42. The third-order valence-electron chi connectivity index (χ3n) is 2.10. The maximum atomic E-state index is 3.55. The van der Waals surface area contributed by atoms with Gasteiger partial charge in [0.05, 0.1) is 0 Å². The van der Waals surface area contributed by atoms with E-state index in [-0.39, 0.29) is 0 Å². The maximum Gasteiger partial charge on any atom is 0.0359 e. The summed E-state index contributed by atoms with van der Waals surface area (Å²) in [6.45, 7) is 2.19. The number of rotatable bonds is 1. The molecule has 2 aromatic rings. The third-order valence-corrected chi connectivity index (χ3v) is 4.67. The van der Waals surface area contributed by atoms with Gasteiger partial charge in [-0.1, -0.05) is 22.0 Å². The fourth-order valence-corrected chi connectivity index (χ4v) is 4.45. The van der Waals surface area contributed by atoms with Crippen molar-refractivity contribution >= 4 is 59.9 Å². The van der Waals surface area contributed by atoms with Gasteiger partial charge < -0.3 is 0 Å². The van der Waals surface area contributed by atoms with E-state index in [0.29, 0.717) is 0 Å². The van der Waals surface area contributed by atoms with Crippen LogP contribution in [0.1, 0.15) is 10.4 Å². The number of thiophene rings is 1. The molecule has 2 rings (SSSR count). The molecule has 68 valence electrons. The first-order valence-electron chi connectivity index (χ1n) is 3.96. The molecule has 0 amide bonds. The summed E-state index contributed by atoms with van der Waals surface area (Å²) in [6, 6.07) is 6.49. The predicted octanol–water partition coefficient (Wildman–Crippen LogP) is 4.71. The van der Waals surface area contributed by atoms with Gasteiger partial charge in [0.1, 0.15) is 0 Å². The van der Waals surface area contributed by atoms with Crippen LogP contribution in [0, 0.1) is 10.5 Å². The van der Waals surface area contributed by atoms with Gasteiger partial charge in [-0.25, -0.2) is 0 Å². The van der Waals surface area contributed by atoms with E-state index in [0.717, 1.165) is 5.33 Å². The van der Waals surface area contributed by atoms with E-state index in [1.54, 1.807) is 0 Å². The molecule has 0 spiro atoms. The van der Waals surface area contributed by atoms with Crippen molar-refractivity contribution in [2.75, 3.05) is 0 Å². The molecule has 13 heavy (non-hydrogen) atoms. The van der Waals surface area contributed by atoms with Crippen LogP contribution >= 0.6 is 49.9 Å². The quantitative estimate of drug-likeness (QED) is 0.506. The fraction of sp³-hybridized carbons (Fsp3) is 0.200. The molecule has 3 heteroatoms. The zero-order valence-electron chi connectivity index (χ0n) is 7.10. The lowest BCUT2D eigenvalue weighted by atomic mass is 10.2. The van der Waals surface area contributed by atoms with Crippen molar-refractivity contribution in [3.63, 3.8) is 0 Å². The van der Waals surface area contributed by atoms with Crippen molar-refractivity contribution in [2.45, 2.75) is 12.3 Å². The van der Waals surface area contributed by atoms with Gasteiger partial charge >= 0.3 is 0 Å². The number of hydrogen-bond acceptors (Lipinski definition) is 1. The van der Waals surface area contributed by atoms with Crippen LogP contribution in [0.15, 0.2) is 18.2 Å². The molecule has 0 aliphatic rings. The lowest BCUT2D eigenvalue weighted by Gasteiger charge is -1.97. The van der Waals surface area contributed by atoms with Crippen molar-refractivity contribution in [1.82, 2.24) is 0 Å². The predicted molar refractivity (Wildman–Crippen MR) is 71.9 cm³/mol. The number of benzene rings is 1. The third kappa shape index (κ3) is 1.66. The zero-order valence-corrected chi connectivity index (χ0v) is 11.7. The number of alkyl halides is 1. The summed E-state index contributed by atoms with van der Waals surface area (Å²) in [6.07, 6.45) is 0. The van der Waals surface area contributed by atoms with Crippen molar-refractivity contribution in [3.05, 3.63) is 32.2 Å². The minimum atomic E-state index is 0.957. The second-order valence-corrected chi connectivity index (χ2v) is 5.86. The molecular weight excluding hydrogens is 359 g/mol. The maximum absolute atomic E-state index is 3.55. The van der Waals surface area contributed by atoms with Gasteiger partial charge in [0.2, 0.25) is 0 Å². The van der Waals surface area contributed by atoms with E-state index in [9.17, 15) is 0 Å². The number of hydrogen-bond donors (Lipinski definition) is 0. The molecule has 0 nitrogen and oxygen atoms in total. The summed E-state index contributed by atoms with van der Waals surface area (Å²) in [7, 11) is 0. The Kier molecular flexibility index (Phi) is 2.95. The highest BCUT2D eigenvalue weighted by molar-refractivity contribution is 14.1. The van der Waals surface area contributed by atoms with Crippen LogP contribution in [0.2, 0.25) is 0 Å². The van der Waals surface area contributed by atoms with Crippen molar-refractivity contribution in [1.29, 1.82) is 0 Å². The van der Waals surface area contributed by atoms with Crippen LogP contribution in [0.5, 0.6) is 0 Å². The van der Waals surface area contributed by atoms with E-state index >= 15 is 0 Å². The molecule has 1 heterocycles. The second kappa shape index (κ2) is 3.87. The molecule has 0 aliphatic heterocycles. The largest absolute Gasteiger partial charge is 0.140 e. The first kappa shape index (κ1) is 9.93. The molecule has 0 radical (unpaired) electrons. The van der Waals surface area contributed by atoms with Crippen LogP contribution in [0.3, 0.4) is 0 Å². The Labute approximate surface area is 104 Å². The van der Waals surface area contributed by atoms with E-state index in [1.807, 2.05) is 11.3 Å². The van der Waals surface area contributed by atoms with Gasteiger partial charge in [-0.2, -0.15) is 0 Å². The minimum Gasteiger partial charge on any atom is -0.140 e. The van der Waals surface area contributed by atoms with Crippen LogP contribution in [0.25, 0.3) is 10.1 Å². The monoisotopic (exact) mass is 366 g/mol. The SMILES string of the molecule is Cc1sc2cccc(I)c2c1CBr. The van der Waals surface area contributed by atoms with Crippen LogP contribution in [0.4, 0.5) is 0 Å². The smallest absolute Gasteiger partial charge is 0.0359 e. The molecule has 0 bridgehead atoms. The van der Waals surface area contributed by atoms with E-state index in [1.165, 1.54) is 24.1 Å². The molecule has 0 fully saturated rings. The van der Waals surface area contributed by atoms with Gasteiger partial charge in [-0.05, 0) is 47.2 Å². The summed E-state index contributed by atoms with van der Waals surface area (Å²) in [5.74, 6) is 0. The lowest BCUT2D eigenvalue weighted by Crippen LogP contribution is -1.79. The fourth-order valence-electron chi connectivity index (χ4n) is 1.45. The first-order valence-corrected chi connectivity index (χ1v) is 6.98. The molecule has 0 unspecified atom stereocenters. The Bertz CT molecular complexity index is 447. The van der Waals surface area contributed by atoms with Crippen molar-refractivity contribution in [2.24, 2.45) is 0 Å². The first-order chi connectivity index (χ1) is 6.24. The average molecular weight is 367 g/mol. The summed E-state index contributed by atoms with van der Waals surface area (Å²) in [4.78, 5) is 1.43. The van der Waals surface area contributed by atoms with Gasteiger partial charge in [-0.3, -0.25) is 0 Å². The molecule has 0 saturated carbocycles. The van der Waals surface area contributed by atoms with E-state index < -0.39 is 0 Å². The topological polar surface area (TPSA) is 0 Å². The Morgan fingerprint density at radius 3 is 2.92 bits per heavy atom. The van der Waals surface area contributed by atoms with Gasteiger partial charge in [0, 0.05) is 23.9 Å². The number of fused-ring (bicyclic) bond motifs is 1. The van der Waals surface area contributed by atoms with Crippen LogP contribution in [-0.2, 0) is 5.33 Å². The van der Waals surface area contributed by atoms with E-state index in [2.05, 4.69) is 63.6 Å². The normalized spacial score (nSPS) is 11.0. The molecule has 0 N–H and O–H groups in total. The molecular formula is C10H8BrIS. The van der Waals surface area contributed by atoms with Gasteiger partial charge in [-0.15, -0.1) is 11.3 Å². The summed E-state index contributed by atoms with van der Waals surface area (Å²) < 4.78 is 2.76. The molecule has 0 atom stereocenters. The molecule has 1 aromatic heterocycles. The Morgan fingerprint density at radius 1 is 1.46 bits per heavy atom. The van der Waals surface area contributed by atoms with Crippen molar-refractivity contribution < 1.29 is 0 Å². The number of halogens is 2. The summed E-state index contributed by atoms with van der Waals surface area (Å²) in [5, 5.41) is 2.39. The van der Waals surface area contributed by atoms with Crippen LogP contribution in [-0.4, -0.2) is 0 Å². The van der Waals surface area contributed by atoms with Crippen molar-refractivity contribution in [3.8, 4) is 0 Å². The highest BCUT2D eigenvalue weighted by Crippen LogP contribution is 2.34. The van der Waals surface area contributed by atoms with Gasteiger partial charge in [0.15, 0.2) is 0 Å². The lowest BCUT2D eigenvalue weighted by molar-refractivity contribution is 1.43. The minimum absolute atomic E-state index is 0.957. The summed E-state index contributed by atoms with van der Waals surface area (Å²) in [5.41, 5.74) is 1.45. The Balaban J connectivity index is 2.88. The highest BCUT2D eigenvalue weighted by Gasteiger charge is 2.09. The summed E-state index contributed by atoms with van der Waals surface area (Å²) >= 11 is 7.84. The van der Waals surface area contributed by atoms with E-state index in [4.69, 9.17) is 0 Å². The van der Waals surface area contributed by atoms with Crippen LogP contribution < -0.4 is 0 Å². The molecule has 0 saturated heterocycles. The average Bonchev–Trinajstić information content (AvgIpc) is 2.42. The highest BCUT2D eigenvalue weighted by atomic mass is 127. The number of aryl methyl sites for hydroxylation is 1. The Morgan fingerprint density at radius 2 is 2.23 bits per heavy atom. The molecule has 1 aromatic carbocycles. The second-order valence-electron chi connectivity index (χ2n) is 2.88.